The Balaban J connectivity index is 1.44. The maximum Gasteiger partial charge on any atom is 0.263 e. The highest BCUT2D eigenvalue weighted by Gasteiger charge is 2.29. The predicted octanol–water partition coefficient (Wildman–Crippen LogP) is 4.01. The summed E-state index contributed by atoms with van der Waals surface area (Å²) in [7, 11) is 1.51. The second-order valence-corrected chi connectivity index (χ2v) is 8.73. The first-order chi connectivity index (χ1) is 16.0. The van der Waals surface area contributed by atoms with Gasteiger partial charge in [0, 0.05) is 54.6 Å². The number of aromatic nitrogens is 1. The van der Waals surface area contributed by atoms with Crippen molar-refractivity contribution in [2.75, 3.05) is 37.1 Å². The van der Waals surface area contributed by atoms with E-state index in [4.69, 9.17) is 9.47 Å². The van der Waals surface area contributed by atoms with Gasteiger partial charge in [0.15, 0.2) is 0 Å². The van der Waals surface area contributed by atoms with Gasteiger partial charge in [0.05, 0.1) is 12.7 Å². The number of nitrogens with zero attached hydrogens (tertiary/aromatic N) is 3. The Labute approximate surface area is 200 Å². The van der Waals surface area contributed by atoms with E-state index in [2.05, 4.69) is 31.2 Å². The number of ether oxygens (including phenoxy) is 2. The van der Waals surface area contributed by atoms with Crippen LogP contribution in [0.5, 0.6) is 5.75 Å². The van der Waals surface area contributed by atoms with Crippen molar-refractivity contribution in [2.24, 2.45) is 10.9 Å². The number of carbonyl (C=O) groups excluding carboxylic acids is 2. The Bertz CT molecular complexity index is 1100. The molecule has 9 heteroatoms. The van der Waals surface area contributed by atoms with Crippen molar-refractivity contribution in [3.05, 3.63) is 58.3 Å². The molecule has 1 fully saturated rings. The maximum absolute atomic E-state index is 13.3. The number of hydrogen-bond donors (Lipinski definition) is 1. The van der Waals surface area contributed by atoms with Crippen LogP contribution >= 0.6 is 15.9 Å². The van der Waals surface area contributed by atoms with Crippen molar-refractivity contribution in [3.63, 3.8) is 0 Å². The van der Waals surface area contributed by atoms with E-state index in [1.807, 2.05) is 12.3 Å². The van der Waals surface area contributed by atoms with Crippen LogP contribution in [0, 0.1) is 5.92 Å². The molecule has 1 aromatic carbocycles. The Kier molecular flexibility index (Phi) is 7.51. The van der Waals surface area contributed by atoms with Crippen LogP contribution in [0.3, 0.4) is 0 Å². The standard InChI is InChI=1S/C24H25BrN4O4/c1-32-21-3-2-19(28-22(30)4-8-26-14-16-6-10-33-11-7-16)13-20(21)24(31)29-9-5-17-12-18(25)15-27-23(17)29/h2-4,8,12-16H,5-7,9-11H2,1H3,(H,28,30)/b8-4+,26-14?. The van der Waals surface area contributed by atoms with Gasteiger partial charge in [-0.2, -0.15) is 0 Å². The smallest absolute Gasteiger partial charge is 0.263 e. The number of carbonyl (C=O) groups is 2. The van der Waals surface area contributed by atoms with E-state index >= 15 is 0 Å². The van der Waals surface area contributed by atoms with Crippen molar-refractivity contribution < 1.29 is 19.1 Å². The summed E-state index contributed by atoms with van der Waals surface area (Å²) in [6, 6.07) is 6.96. The highest BCUT2D eigenvalue weighted by Crippen LogP contribution is 2.32. The van der Waals surface area contributed by atoms with E-state index in [0.29, 0.717) is 35.3 Å². The third-order valence-corrected chi connectivity index (χ3v) is 6.02. The molecule has 1 aromatic heterocycles. The summed E-state index contributed by atoms with van der Waals surface area (Å²) >= 11 is 3.42. The summed E-state index contributed by atoms with van der Waals surface area (Å²) in [6.07, 6.45) is 8.99. The van der Waals surface area contributed by atoms with E-state index in [1.165, 1.54) is 19.4 Å². The zero-order valence-electron chi connectivity index (χ0n) is 18.3. The number of aliphatic imine (C=N–C) groups is 1. The third-order valence-electron chi connectivity index (χ3n) is 5.59. The van der Waals surface area contributed by atoms with E-state index in [0.717, 1.165) is 42.5 Å². The molecule has 172 valence electrons. The summed E-state index contributed by atoms with van der Waals surface area (Å²) in [6.45, 7) is 2.03. The largest absolute Gasteiger partial charge is 0.496 e. The van der Waals surface area contributed by atoms with Gasteiger partial charge in [-0.15, -0.1) is 0 Å². The highest BCUT2D eigenvalue weighted by molar-refractivity contribution is 9.10. The minimum absolute atomic E-state index is 0.229. The summed E-state index contributed by atoms with van der Waals surface area (Å²) in [5.41, 5.74) is 1.85. The van der Waals surface area contributed by atoms with Crippen molar-refractivity contribution in [1.82, 2.24) is 4.98 Å². The van der Waals surface area contributed by atoms with Gasteiger partial charge in [-0.05, 0) is 70.9 Å². The molecule has 0 bridgehead atoms. The van der Waals surface area contributed by atoms with Crippen LogP contribution in [0.4, 0.5) is 11.5 Å². The molecule has 1 saturated heterocycles. The lowest BCUT2D eigenvalue weighted by Crippen LogP contribution is -2.30. The molecule has 33 heavy (non-hydrogen) atoms. The van der Waals surface area contributed by atoms with E-state index in [9.17, 15) is 9.59 Å². The Morgan fingerprint density at radius 2 is 2.12 bits per heavy atom. The molecule has 2 aliphatic rings. The monoisotopic (exact) mass is 512 g/mol. The average Bonchev–Trinajstić information content (AvgIpc) is 3.25. The number of benzene rings is 1. The minimum atomic E-state index is -0.333. The molecule has 8 nitrogen and oxygen atoms in total. The van der Waals surface area contributed by atoms with Gasteiger partial charge < -0.3 is 14.8 Å². The van der Waals surface area contributed by atoms with Gasteiger partial charge in [-0.3, -0.25) is 19.5 Å². The Morgan fingerprint density at radius 1 is 1.30 bits per heavy atom. The van der Waals surface area contributed by atoms with Gasteiger partial charge in [-0.25, -0.2) is 4.98 Å². The van der Waals surface area contributed by atoms with Crippen molar-refractivity contribution in [1.29, 1.82) is 0 Å². The topological polar surface area (TPSA) is 93.1 Å². The molecule has 2 amide bonds. The van der Waals surface area contributed by atoms with Crippen LogP contribution in [0.15, 0.2) is 52.2 Å². The third kappa shape index (κ3) is 5.66. The SMILES string of the molecule is COc1ccc(NC(=O)/C=C/N=CC2CCOCC2)cc1C(=O)N1CCc2cc(Br)cnc21. The average molecular weight is 513 g/mol. The number of amides is 2. The molecule has 2 aromatic rings. The first-order valence-electron chi connectivity index (χ1n) is 10.8. The molecule has 0 unspecified atom stereocenters. The second-order valence-electron chi connectivity index (χ2n) is 7.81. The van der Waals surface area contributed by atoms with Crippen LogP contribution in [-0.2, 0) is 16.0 Å². The van der Waals surface area contributed by atoms with Crippen molar-refractivity contribution in [2.45, 2.75) is 19.3 Å². The predicted molar refractivity (Wildman–Crippen MR) is 130 cm³/mol. The number of fused-ring (bicyclic) bond motifs is 1. The van der Waals surface area contributed by atoms with Crippen LogP contribution < -0.4 is 15.0 Å². The van der Waals surface area contributed by atoms with Gasteiger partial charge in [0.1, 0.15) is 11.6 Å². The fraction of sp³-hybridized carbons (Fsp3) is 0.333. The number of methoxy groups -OCH3 is 1. The lowest BCUT2D eigenvalue weighted by Gasteiger charge is -2.18. The van der Waals surface area contributed by atoms with Gasteiger partial charge >= 0.3 is 0 Å². The van der Waals surface area contributed by atoms with Crippen LogP contribution in [-0.4, -0.2) is 49.9 Å². The molecule has 0 aliphatic carbocycles. The Morgan fingerprint density at radius 3 is 2.91 bits per heavy atom. The summed E-state index contributed by atoms with van der Waals surface area (Å²) in [4.78, 5) is 35.9. The number of hydrogen-bond acceptors (Lipinski definition) is 6. The van der Waals surface area contributed by atoms with Gasteiger partial charge in [0.2, 0.25) is 5.91 Å². The first kappa shape index (κ1) is 23.1. The normalized spacial score (nSPS) is 16.4. The minimum Gasteiger partial charge on any atom is -0.496 e. The van der Waals surface area contributed by atoms with E-state index in [-0.39, 0.29) is 11.8 Å². The quantitative estimate of drug-likeness (QED) is 0.466. The second kappa shape index (κ2) is 10.7. The highest BCUT2D eigenvalue weighted by atomic mass is 79.9. The molecule has 0 atom stereocenters. The van der Waals surface area contributed by atoms with Crippen LogP contribution in [0.2, 0.25) is 0 Å². The fourth-order valence-electron chi connectivity index (χ4n) is 3.87. The zero-order valence-corrected chi connectivity index (χ0v) is 19.9. The summed E-state index contributed by atoms with van der Waals surface area (Å²) < 4.78 is 11.6. The van der Waals surface area contributed by atoms with Gasteiger partial charge in [-0.1, -0.05) is 0 Å². The number of nitrogens with one attached hydrogen (secondary N) is 1. The molecular weight excluding hydrogens is 488 g/mol. The first-order valence-corrected chi connectivity index (χ1v) is 11.6. The lowest BCUT2D eigenvalue weighted by atomic mass is 10.0. The Hall–Kier alpha value is -3.04. The van der Waals surface area contributed by atoms with Crippen LogP contribution in [0.1, 0.15) is 28.8 Å². The van der Waals surface area contributed by atoms with Crippen molar-refractivity contribution >= 4 is 45.5 Å². The molecule has 1 N–H and O–H groups in total. The molecular formula is C24H25BrN4O4. The van der Waals surface area contributed by atoms with Gasteiger partial charge in [0.25, 0.3) is 5.91 Å². The zero-order chi connectivity index (χ0) is 23.2. The summed E-state index contributed by atoms with van der Waals surface area (Å²) in [5, 5.41) is 2.78. The summed E-state index contributed by atoms with van der Waals surface area (Å²) in [5.74, 6) is 0.895. The van der Waals surface area contributed by atoms with E-state index < -0.39 is 0 Å². The van der Waals surface area contributed by atoms with E-state index in [1.54, 1.807) is 29.3 Å². The number of anilines is 2. The number of halogens is 1. The molecule has 0 radical (unpaired) electrons. The fourth-order valence-corrected chi connectivity index (χ4v) is 4.24. The molecule has 0 saturated carbocycles. The maximum atomic E-state index is 13.3. The molecule has 0 spiro atoms. The molecule has 4 rings (SSSR count). The molecule has 2 aliphatic heterocycles. The number of rotatable bonds is 6. The van der Waals surface area contributed by atoms with Crippen molar-refractivity contribution in [3.8, 4) is 5.75 Å². The number of pyridine rings is 1. The van der Waals surface area contributed by atoms with Crippen LogP contribution in [0.25, 0.3) is 0 Å². The lowest BCUT2D eigenvalue weighted by molar-refractivity contribution is -0.111. The molecule has 3 heterocycles.